The summed E-state index contributed by atoms with van der Waals surface area (Å²) in [5.74, 6) is 2.48. The van der Waals surface area contributed by atoms with Gasteiger partial charge in [0.25, 0.3) is 0 Å². The van der Waals surface area contributed by atoms with Gasteiger partial charge in [0.2, 0.25) is 0 Å². The maximum absolute atomic E-state index is 6.55. The van der Waals surface area contributed by atoms with E-state index < -0.39 is 5.41 Å². The summed E-state index contributed by atoms with van der Waals surface area (Å²) in [4.78, 5) is 10.3. The van der Waals surface area contributed by atoms with Crippen molar-refractivity contribution < 1.29 is 4.74 Å². The summed E-state index contributed by atoms with van der Waals surface area (Å²) < 4.78 is 6.55. The molecule has 7 aromatic carbocycles. The Bertz CT molecular complexity index is 2510. The summed E-state index contributed by atoms with van der Waals surface area (Å²) in [6, 6.07) is 60.0. The first-order valence-corrected chi connectivity index (χ1v) is 16.3. The highest BCUT2D eigenvalue weighted by molar-refractivity contribution is 5.91. The molecule has 2 heterocycles. The number of nitrogens with zero attached hydrogens (tertiary/aromatic N) is 2. The Hall–Kier alpha value is -6.32. The van der Waals surface area contributed by atoms with Crippen LogP contribution in [-0.2, 0) is 5.41 Å². The second kappa shape index (κ2) is 10.3. The molecule has 0 amide bonds. The predicted octanol–water partition coefficient (Wildman–Crippen LogP) is 11.1. The SMILES string of the molecule is c1ccc(-c2nc(-c3ccc4c(c3)C3(c5ccccc5Oc5ccccc53)c3ccccc3-4)cc(-c3ccc4ccccc4c3)n2)cc1. The first-order valence-electron chi connectivity index (χ1n) is 16.3. The molecule has 1 spiro atoms. The number of aromatic nitrogens is 2. The van der Waals surface area contributed by atoms with Gasteiger partial charge in [-0.1, -0.05) is 140 Å². The number of fused-ring (bicyclic) bond motifs is 10. The zero-order valence-corrected chi connectivity index (χ0v) is 26.0. The Balaban J connectivity index is 1.24. The van der Waals surface area contributed by atoms with Gasteiger partial charge in [-0.3, -0.25) is 0 Å². The van der Waals surface area contributed by atoms with E-state index in [1.54, 1.807) is 0 Å². The molecular formula is C45H28N2O. The fourth-order valence-electron chi connectivity index (χ4n) is 7.82. The van der Waals surface area contributed by atoms with Crippen molar-refractivity contribution in [3.63, 3.8) is 0 Å². The highest BCUT2D eigenvalue weighted by Gasteiger charge is 2.51. The Morgan fingerprint density at radius 2 is 0.938 bits per heavy atom. The van der Waals surface area contributed by atoms with E-state index in [0.29, 0.717) is 5.82 Å². The molecular weight excluding hydrogens is 585 g/mol. The fourth-order valence-corrected chi connectivity index (χ4v) is 7.82. The normalized spacial score (nSPS) is 13.3. The summed E-state index contributed by atoms with van der Waals surface area (Å²) in [5, 5.41) is 2.39. The van der Waals surface area contributed by atoms with E-state index in [1.807, 2.05) is 18.2 Å². The van der Waals surface area contributed by atoms with Gasteiger partial charge < -0.3 is 4.74 Å². The lowest BCUT2D eigenvalue weighted by atomic mass is 9.66. The van der Waals surface area contributed by atoms with E-state index in [0.717, 1.165) is 50.7 Å². The largest absolute Gasteiger partial charge is 0.457 e. The van der Waals surface area contributed by atoms with Crippen LogP contribution in [-0.4, -0.2) is 9.97 Å². The van der Waals surface area contributed by atoms with Crippen molar-refractivity contribution in [1.29, 1.82) is 0 Å². The number of para-hydroxylation sites is 2. The lowest BCUT2D eigenvalue weighted by Gasteiger charge is -2.39. The second-order valence-corrected chi connectivity index (χ2v) is 12.5. The number of benzene rings is 7. The molecule has 10 rings (SSSR count). The summed E-state index contributed by atoms with van der Waals surface area (Å²) in [5.41, 5.74) is 11.6. The van der Waals surface area contributed by atoms with Crippen LogP contribution in [0.25, 0.3) is 55.8 Å². The molecule has 3 heteroatoms. The van der Waals surface area contributed by atoms with Gasteiger partial charge in [0, 0.05) is 27.8 Å². The minimum Gasteiger partial charge on any atom is -0.457 e. The van der Waals surface area contributed by atoms with Crippen LogP contribution in [0.5, 0.6) is 11.5 Å². The number of rotatable bonds is 3. The van der Waals surface area contributed by atoms with Crippen molar-refractivity contribution in [2.75, 3.05) is 0 Å². The molecule has 1 aliphatic heterocycles. The molecule has 8 aromatic rings. The van der Waals surface area contributed by atoms with Crippen LogP contribution in [0.1, 0.15) is 22.3 Å². The van der Waals surface area contributed by atoms with Crippen LogP contribution >= 0.6 is 0 Å². The summed E-state index contributed by atoms with van der Waals surface area (Å²) in [7, 11) is 0. The van der Waals surface area contributed by atoms with Crippen LogP contribution < -0.4 is 4.74 Å². The molecule has 3 nitrogen and oxygen atoms in total. The highest BCUT2D eigenvalue weighted by atomic mass is 16.5. The Morgan fingerprint density at radius 1 is 0.375 bits per heavy atom. The maximum atomic E-state index is 6.55. The Labute approximate surface area is 278 Å². The third-order valence-electron chi connectivity index (χ3n) is 9.95. The van der Waals surface area contributed by atoms with E-state index in [-0.39, 0.29) is 0 Å². The third kappa shape index (κ3) is 3.88. The van der Waals surface area contributed by atoms with Crippen molar-refractivity contribution in [2.45, 2.75) is 5.41 Å². The molecule has 0 radical (unpaired) electrons. The van der Waals surface area contributed by atoms with Gasteiger partial charge in [-0.2, -0.15) is 0 Å². The standard InChI is InChI=1S/C45H28N2O/c1-2-13-30(14-3-1)44-46-40(32-23-22-29-12-4-5-15-31(29)26-32)28-41(47-44)33-24-25-35-34-16-6-7-17-36(34)45(39(35)27-33)37-18-8-10-20-42(37)48-43-21-11-9-19-38(43)45/h1-28H. The van der Waals surface area contributed by atoms with Crippen LogP contribution in [0, 0.1) is 0 Å². The van der Waals surface area contributed by atoms with Crippen LogP contribution in [0.2, 0.25) is 0 Å². The molecule has 0 atom stereocenters. The topological polar surface area (TPSA) is 35.0 Å². The average Bonchev–Trinajstić information content (AvgIpc) is 3.45. The lowest BCUT2D eigenvalue weighted by Crippen LogP contribution is -2.32. The number of hydrogen-bond donors (Lipinski definition) is 0. The van der Waals surface area contributed by atoms with Crippen molar-refractivity contribution in [3.05, 3.63) is 192 Å². The summed E-state index contributed by atoms with van der Waals surface area (Å²) >= 11 is 0. The molecule has 0 N–H and O–H groups in total. The molecule has 0 saturated heterocycles. The molecule has 0 saturated carbocycles. The number of hydrogen-bond acceptors (Lipinski definition) is 3. The fraction of sp³-hybridized carbons (Fsp3) is 0.0222. The summed E-state index contributed by atoms with van der Waals surface area (Å²) in [6.45, 7) is 0. The van der Waals surface area contributed by atoms with Crippen LogP contribution in [0.15, 0.2) is 170 Å². The van der Waals surface area contributed by atoms with Crippen LogP contribution in [0.3, 0.4) is 0 Å². The molecule has 2 aliphatic rings. The minimum atomic E-state index is -0.538. The van der Waals surface area contributed by atoms with Gasteiger partial charge in [-0.25, -0.2) is 9.97 Å². The van der Waals surface area contributed by atoms with Crippen LogP contribution in [0.4, 0.5) is 0 Å². The molecule has 1 aromatic heterocycles. The predicted molar refractivity (Wildman–Crippen MR) is 193 cm³/mol. The molecule has 224 valence electrons. The summed E-state index contributed by atoms with van der Waals surface area (Å²) in [6.07, 6.45) is 0. The van der Waals surface area contributed by atoms with Crippen molar-refractivity contribution in [1.82, 2.24) is 9.97 Å². The molecule has 48 heavy (non-hydrogen) atoms. The zero-order valence-electron chi connectivity index (χ0n) is 26.0. The Morgan fingerprint density at radius 3 is 1.69 bits per heavy atom. The second-order valence-electron chi connectivity index (χ2n) is 12.5. The van der Waals surface area contributed by atoms with Crippen molar-refractivity contribution in [2.24, 2.45) is 0 Å². The van der Waals surface area contributed by atoms with Gasteiger partial charge in [0.15, 0.2) is 5.82 Å². The zero-order chi connectivity index (χ0) is 31.7. The van der Waals surface area contributed by atoms with Gasteiger partial charge in [-0.15, -0.1) is 0 Å². The van der Waals surface area contributed by atoms with Crippen molar-refractivity contribution >= 4 is 10.8 Å². The minimum absolute atomic E-state index is 0.538. The van der Waals surface area contributed by atoms with Gasteiger partial charge in [0.05, 0.1) is 16.8 Å². The third-order valence-corrected chi connectivity index (χ3v) is 9.95. The lowest BCUT2D eigenvalue weighted by molar-refractivity contribution is 0.436. The quantitative estimate of drug-likeness (QED) is 0.199. The van der Waals surface area contributed by atoms with Gasteiger partial charge in [-0.05, 0) is 63.4 Å². The van der Waals surface area contributed by atoms with Crippen molar-refractivity contribution in [3.8, 4) is 56.5 Å². The van der Waals surface area contributed by atoms with Gasteiger partial charge >= 0.3 is 0 Å². The molecule has 0 fully saturated rings. The average molecular weight is 613 g/mol. The number of ether oxygens (including phenoxy) is 1. The molecule has 0 bridgehead atoms. The molecule has 0 unspecified atom stereocenters. The van der Waals surface area contributed by atoms with E-state index in [4.69, 9.17) is 14.7 Å². The van der Waals surface area contributed by atoms with Gasteiger partial charge in [0.1, 0.15) is 11.5 Å². The smallest absolute Gasteiger partial charge is 0.160 e. The first kappa shape index (κ1) is 26.9. The van der Waals surface area contributed by atoms with E-state index >= 15 is 0 Å². The van der Waals surface area contributed by atoms with E-state index in [2.05, 4.69) is 152 Å². The van der Waals surface area contributed by atoms with E-state index in [9.17, 15) is 0 Å². The monoisotopic (exact) mass is 612 g/mol. The Kier molecular flexibility index (Phi) is 5.79. The highest BCUT2D eigenvalue weighted by Crippen LogP contribution is 2.62. The maximum Gasteiger partial charge on any atom is 0.160 e. The first-order chi connectivity index (χ1) is 23.8. The molecule has 1 aliphatic carbocycles. The van der Waals surface area contributed by atoms with E-state index in [1.165, 1.54) is 33.0 Å².